The molecule has 0 fully saturated rings. The zero-order valence-corrected chi connectivity index (χ0v) is 4.78. The molecule has 0 radical (unpaired) electrons. The third kappa shape index (κ3) is 2.56. The van der Waals surface area contributed by atoms with Gasteiger partial charge in [0.25, 0.3) is 0 Å². The molecular weight excluding hydrogens is 177 g/mol. The minimum absolute atomic E-state index is 2.19. The smallest absolute Gasteiger partial charge is 0.377 e. The van der Waals surface area contributed by atoms with E-state index in [9.17, 15) is 26.7 Å². The van der Waals surface area contributed by atoms with Crippen molar-refractivity contribution in [2.45, 2.75) is 12.3 Å². The lowest BCUT2D eigenvalue weighted by Gasteiger charge is -2.17. The van der Waals surface area contributed by atoms with Gasteiger partial charge in [0.1, 0.15) is 0 Å². The minimum atomic E-state index is -5.93. The van der Waals surface area contributed by atoms with E-state index >= 15 is 0 Å². The van der Waals surface area contributed by atoms with E-state index in [4.69, 9.17) is 0 Å². The fourth-order valence-electron chi connectivity index (χ4n) is 0.184. The third-order valence-corrected chi connectivity index (χ3v) is 0.559. The second kappa shape index (κ2) is 2.51. The topological polar surface area (TPSA) is 52.3 Å². The van der Waals surface area contributed by atoms with E-state index in [1.807, 2.05) is 0 Å². The first-order valence-corrected chi connectivity index (χ1v) is 2.10. The summed E-state index contributed by atoms with van der Waals surface area (Å²) in [4.78, 5) is 9.48. The molecule has 2 N–H and O–H groups in total. The lowest BCUT2D eigenvalue weighted by molar-refractivity contribution is -0.369. The molecule has 0 rings (SSSR count). The van der Waals surface area contributed by atoms with Crippen molar-refractivity contribution in [3.63, 3.8) is 0 Å². The van der Waals surface area contributed by atoms with Crippen LogP contribution in [-0.2, 0) is 4.74 Å². The van der Waals surface area contributed by atoms with Gasteiger partial charge in [-0.15, -0.1) is 0 Å². The van der Waals surface area contributed by atoms with Crippen molar-refractivity contribution in [1.29, 1.82) is 0 Å². The molecule has 0 saturated carbocycles. The van der Waals surface area contributed by atoms with Gasteiger partial charge in [-0.2, -0.15) is 22.0 Å². The van der Waals surface area contributed by atoms with Gasteiger partial charge in [0.15, 0.2) is 0 Å². The van der Waals surface area contributed by atoms with Crippen LogP contribution in [0.25, 0.3) is 0 Å². The number of carbonyl (C=O) groups is 1. The number of hydrogen-bond donors (Lipinski definition) is 1. The zero-order chi connectivity index (χ0) is 9.28. The molecule has 0 bridgehead atoms. The molecular formula is C3H2F5NO2. The first-order chi connectivity index (χ1) is 4.67. The van der Waals surface area contributed by atoms with Gasteiger partial charge < -0.3 is 10.5 Å². The van der Waals surface area contributed by atoms with Crippen molar-refractivity contribution >= 4 is 6.09 Å². The molecule has 0 atom stereocenters. The number of carbonyl (C=O) groups excluding carboxylic acids is 1. The van der Waals surface area contributed by atoms with Crippen LogP contribution in [0.5, 0.6) is 0 Å². The van der Waals surface area contributed by atoms with Crippen molar-refractivity contribution in [2.75, 3.05) is 0 Å². The number of nitrogens with two attached hydrogens (primary N) is 1. The maximum absolute atomic E-state index is 11.5. The first-order valence-electron chi connectivity index (χ1n) is 2.10. The summed E-state index contributed by atoms with van der Waals surface area (Å²) in [5, 5.41) is 0. The molecule has 0 aromatic heterocycles. The summed E-state index contributed by atoms with van der Waals surface area (Å²) in [5.41, 5.74) is 3.93. The van der Waals surface area contributed by atoms with E-state index in [1.54, 1.807) is 0 Å². The van der Waals surface area contributed by atoms with Crippen LogP contribution in [0.3, 0.4) is 0 Å². The van der Waals surface area contributed by atoms with E-state index in [1.165, 1.54) is 0 Å². The average molecular weight is 179 g/mol. The molecule has 0 heterocycles. The number of hydrogen-bond acceptors (Lipinski definition) is 2. The number of ether oxygens (including phenoxy) is 1. The Balaban J connectivity index is 4.34. The molecule has 0 saturated heterocycles. The van der Waals surface area contributed by atoms with Crippen molar-refractivity contribution < 1.29 is 31.5 Å². The number of amides is 1. The van der Waals surface area contributed by atoms with Crippen LogP contribution in [0.1, 0.15) is 0 Å². The lowest BCUT2D eigenvalue weighted by Crippen LogP contribution is -2.42. The van der Waals surface area contributed by atoms with Crippen molar-refractivity contribution in [1.82, 2.24) is 0 Å². The Kier molecular flexibility index (Phi) is 2.27. The van der Waals surface area contributed by atoms with Gasteiger partial charge >= 0.3 is 18.4 Å². The highest BCUT2D eigenvalue weighted by molar-refractivity contribution is 5.64. The number of halogens is 5. The monoisotopic (exact) mass is 179 g/mol. The molecule has 0 aliphatic rings. The maximum Gasteiger partial charge on any atom is 0.502 e. The summed E-state index contributed by atoms with van der Waals surface area (Å²) >= 11 is 0. The molecule has 8 heteroatoms. The Morgan fingerprint density at radius 2 is 1.55 bits per heavy atom. The Labute approximate surface area is 56.9 Å². The highest BCUT2D eigenvalue weighted by Crippen LogP contribution is 2.35. The molecule has 11 heavy (non-hydrogen) atoms. The highest BCUT2D eigenvalue weighted by Gasteiger charge is 2.61. The summed E-state index contributed by atoms with van der Waals surface area (Å²) < 4.78 is 58.9. The quantitative estimate of drug-likeness (QED) is 0.615. The van der Waals surface area contributed by atoms with E-state index in [-0.39, 0.29) is 0 Å². The second-order valence-electron chi connectivity index (χ2n) is 1.44. The van der Waals surface area contributed by atoms with Crippen LogP contribution in [0.15, 0.2) is 0 Å². The van der Waals surface area contributed by atoms with Crippen LogP contribution in [0.4, 0.5) is 26.7 Å². The molecule has 0 aromatic rings. The van der Waals surface area contributed by atoms with Gasteiger partial charge in [-0.25, -0.2) is 4.79 Å². The van der Waals surface area contributed by atoms with Crippen molar-refractivity contribution in [2.24, 2.45) is 5.73 Å². The summed E-state index contributed by atoms with van der Waals surface area (Å²) in [6.07, 6.45) is -13.6. The van der Waals surface area contributed by atoms with Crippen LogP contribution >= 0.6 is 0 Å². The van der Waals surface area contributed by atoms with Crippen LogP contribution in [0.2, 0.25) is 0 Å². The van der Waals surface area contributed by atoms with E-state index in [2.05, 4.69) is 10.5 Å². The molecule has 0 spiro atoms. The summed E-state index contributed by atoms with van der Waals surface area (Å²) in [6, 6.07) is 0. The largest absolute Gasteiger partial charge is 0.502 e. The SMILES string of the molecule is NC(=O)OC(F)(F)C(F)(F)F. The Bertz CT molecular complexity index is 164. The Morgan fingerprint density at radius 1 is 1.18 bits per heavy atom. The van der Waals surface area contributed by atoms with Crippen LogP contribution in [0, 0.1) is 0 Å². The number of primary amides is 1. The molecule has 0 aliphatic heterocycles. The molecule has 1 amide bonds. The normalized spacial score (nSPS) is 12.8. The van der Waals surface area contributed by atoms with E-state index < -0.39 is 18.4 Å². The third-order valence-electron chi connectivity index (χ3n) is 0.559. The molecule has 0 aromatic carbocycles. The van der Waals surface area contributed by atoms with Gasteiger partial charge in [0.2, 0.25) is 0 Å². The molecule has 66 valence electrons. The zero-order valence-electron chi connectivity index (χ0n) is 4.78. The molecule has 0 aliphatic carbocycles. The van der Waals surface area contributed by atoms with Crippen molar-refractivity contribution in [3.05, 3.63) is 0 Å². The highest BCUT2D eigenvalue weighted by atomic mass is 19.4. The fourth-order valence-corrected chi connectivity index (χ4v) is 0.184. The lowest BCUT2D eigenvalue weighted by atomic mass is 10.6. The number of alkyl halides is 5. The minimum Gasteiger partial charge on any atom is -0.377 e. The van der Waals surface area contributed by atoms with E-state index in [0.717, 1.165) is 0 Å². The van der Waals surface area contributed by atoms with Gasteiger partial charge in [-0.05, 0) is 0 Å². The van der Waals surface area contributed by atoms with Crippen LogP contribution in [-0.4, -0.2) is 18.4 Å². The van der Waals surface area contributed by atoms with Gasteiger partial charge in [-0.3, -0.25) is 0 Å². The maximum atomic E-state index is 11.5. The van der Waals surface area contributed by atoms with Gasteiger partial charge in [0, 0.05) is 0 Å². The number of rotatable bonds is 1. The fraction of sp³-hybridized carbons (Fsp3) is 0.667. The van der Waals surface area contributed by atoms with Crippen molar-refractivity contribution in [3.8, 4) is 0 Å². The summed E-state index contributed by atoms with van der Waals surface area (Å²) in [6.45, 7) is 0. The van der Waals surface area contributed by atoms with Crippen LogP contribution < -0.4 is 5.73 Å². The second-order valence-corrected chi connectivity index (χ2v) is 1.44. The Hall–Kier alpha value is -1.08. The van der Waals surface area contributed by atoms with Gasteiger partial charge in [-0.1, -0.05) is 0 Å². The summed E-state index contributed by atoms with van der Waals surface area (Å²) in [7, 11) is 0. The molecule has 0 unspecified atom stereocenters. The van der Waals surface area contributed by atoms with E-state index in [0.29, 0.717) is 0 Å². The Morgan fingerprint density at radius 3 is 1.64 bits per heavy atom. The first kappa shape index (κ1) is 9.92. The predicted octanol–water partition coefficient (Wildman–Crippen LogP) is 1.24. The van der Waals surface area contributed by atoms with Gasteiger partial charge in [0.05, 0.1) is 0 Å². The summed E-state index contributed by atoms with van der Waals surface area (Å²) in [5.74, 6) is 0. The molecule has 3 nitrogen and oxygen atoms in total. The predicted molar refractivity (Wildman–Crippen MR) is 21.7 cm³/mol. The standard InChI is InChI=1S/C3H2F5NO2/c4-2(5,6)3(7,8)11-1(9)10/h(H2,9,10). The average Bonchev–Trinajstić information content (AvgIpc) is 1.56.